The molecule has 0 spiro atoms. The number of nitrogens with one attached hydrogen (secondary N) is 2. The van der Waals surface area contributed by atoms with Crippen molar-refractivity contribution in [2.75, 3.05) is 11.1 Å². The molecule has 4 nitrogen and oxygen atoms in total. The van der Waals surface area contributed by atoms with Crippen LogP contribution in [0.4, 0.5) is 17.1 Å². The van der Waals surface area contributed by atoms with Crippen LogP contribution in [-0.2, 0) is 0 Å². The van der Waals surface area contributed by atoms with E-state index in [1.807, 2.05) is 32.0 Å². The Morgan fingerprint density at radius 2 is 1.65 bits per heavy atom. The van der Waals surface area contributed by atoms with Crippen molar-refractivity contribution in [1.29, 1.82) is 0 Å². The highest BCUT2D eigenvalue weighted by Gasteiger charge is 2.13. The van der Waals surface area contributed by atoms with Crippen LogP contribution < -0.4 is 16.4 Å². The van der Waals surface area contributed by atoms with Crippen LogP contribution in [0.2, 0.25) is 0 Å². The third kappa shape index (κ3) is 4.49. The lowest BCUT2D eigenvalue weighted by atomic mass is 10.0. The minimum atomic E-state index is -0.131. The predicted octanol–water partition coefficient (Wildman–Crippen LogP) is 4.27. The average Bonchev–Trinajstić information content (AvgIpc) is 2.49. The Balaban J connectivity index is 2.27. The van der Waals surface area contributed by atoms with E-state index in [4.69, 9.17) is 5.73 Å². The number of hydrogen-bond acceptors (Lipinski definition) is 3. The molecule has 122 valence electrons. The van der Waals surface area contributed by atoms with Gasteiger partial charge in [-0.3, -0.25) is 4.79 Å². The smallest absolute Gasteiger partial charge is 0.253 e. The van der Waals surface area contributed by atoms with Gasteiger partial charge in [-0.25, -0.2) is 0 Å². The van der Waals surface area contributed by atoms with Crippen LogP contribution in [-0.4, -0.2) is 11.9 Å². The molecule has 4 heteroatoms. The average molecular weight is 311 g/mol. The highest BCUT2D eigenvalue weighted by atomic mass is 16.1. The fraction of sp³-hybridized carbons (Fsp3) is 0.316. The van der Waals surface area contributed by atoms with Crippen LogP contribution in [0.15, 0.2) is 42.5 Å². The first-order valence-electron chi connectivity index (χ1n) is 7.94. The molecule has 0 aliphatic carbocycles. The molecule has 0 radical (unpaired) electrons. The molecule has 1 amide bonds. The Hall–Kier alpha value is -2.49. The molecule has 0 unspecified atom stereocenters. The highest BCUT2D eigenvalue weighted by molar-refractivity contribution is 6.01. The van der Waals surface area contributed by atoms with Gasteiger partial charge in [0.2, 0.25) is 0 Å². The maximum absolute atomic E-state index is 12.4. The summed E-state index contributed by atoms with van der Waals surface area (Å²) in [4.78, 5) is 12.4. The normalized spacial score (nSPS) is 10.9. The Labute approximate surface area is 138 Å². The standard InChI is InChI=1S/C19H25N3O/c1-12(2)14-5-8-16(9-6-14)22-18-10-7-15(20)11-17(18)19(23)21-13(3)4/h5-13,22H,20H2,1-4H3,(H,21,23). The quantitative estimate of drug-likeness (QED) is 0.722. The van der Waals surface area contributed by atoms with Gasteiger partial charge in [-0.2, -0.15) is 0 Å². The number of carbonyl (C=O) groups excluding carboxylic acids is 1. The minimum Gasteiger partial charge on any atom is -0.399 e. The minimum absolute atomic E-state index is 0.0714. The highest BCUT2D eigenvalue weighted by Crippen LogP contribution is 2.25. The number of hydrogen-bond donors (Lipinski definition) is 3. The first-order chi connectivity index (χ1) is 10.9. The summed E-state index contributed by atoms with van der Waals surface area (Å²) in [5.41, 5.74) is 9.92. The fourth-order valence-corrected chi connectivity index (χ4v) is 2.31. The summed E-state index contributed by atoms with van der Waals surface area (Å²) in [5.74, 6) is 0.363. The van der Waals surface area contributed by atoms with Crippen molar-refractivity contribution in [3.05, 3.63) is 53.6 Å². The number of benzene rings is 2. The summed E-state index contributed by atoms with van der Waals surface area (Å²) < 4.78 is 0. The zero-order valence-corrected chi connectivity index (χ0v) is 14.2. The van der Waals surface area contributed by atoms with Crippen LogP contribution in [0.5, 0.6) is 0 Å². The number of nitrogens with two attached hydrogens (primary N) is 1. The van der Waals surface area contributed by atoms with Gasteiger partial charge in [0.05, 0.1) is 11.3 Å². The van der Waals surface area contributed by atoms with Gasteiger partial charge in [0, 0.05) is 17.4 Å². The van der Waals surface area contributed by atoms with Crippen LogP contribution in [0, 0.1) is 0 Å². The van der Waals surface area contributed by atoms with E-state index in [-0.39, 0.29) is 11.9 Å². The summed E-state index contributed by atoms with van der Waals surface area (Å²) in [6.07, 6.45) is 0. The lowest BCUT2D eigenvalue weighted by Crippen LogP contribution is -2.30. The Bertz CT molecular complexity index is 676. The van der Waals surface area contributed by atoms with Crippen molar-refractivity contribution in [3.63, 3.8) is 0 Å². The van der Waals surface area contributed by atoms with Crippen molar-refractivity contribution < 1.29 is 4.79 Å². The van der Waals surface area contributed by atoms with Gasteiger partial charge >= 0.3 is 0 Å². The Morgan fingerprint density at radius 3 is 2.22 bits per heavy atom. The molecule has 0 aliphatic heterocycles. The van der Waals surface area contributed by atoms with E-state index in [9.17, 15) is 4.79 Å². The van der Waals surface area contributed by atoms with E-state index < -0.39 is 0 Å². The maximum atomic E-state index is 12.4. The summed E-state index contributed by atoms with van der Waals surface area (Å²) in [6.45, 7) is 8.19. The first-order valence-corrected chi connectivity index (χ1v) is 7.94. The maximum Gasteiger partial charge on any atom is 0.253 e. The van der Waals surface area contributed by atoms with Crippen molar-refractivity contribution in [2.24, 2.45) is 0 Å². The van der Waals surface area contributed by atoms with Crippen LogP contribution in [0.3, 0.4) is 0 Å². The lowest BCUT2D eigenvalue weighted by molar-refractivity contribution is 0.0944. The Morgan fingerprint density at radius 1 is 1.00 bits per heavy atom. The molecule has 0 saturated carbocycles. The molecule has 2 aromatic carbocycles. The Kier molecular flexibility index (Phi) is 5.27. The zero-order valence-electron chi connectivity index (χ0n) is 14.2. The molecule has 0 aliphatic rings. The third-order valence-electron chi connectivity index (χ3n) is 3.56. The van der Waals surface area contributed by atoms with Crippen LogP contribution >= 0.6 is 0 Å². The topological polar surface area (TPSA) is 67.2 Å². The molecular weight excluding hydrogens is 286 g/mol. The SMILES string of the molecule is CC(C)NC(=O)c1cc(N)ccc1Nc1ccc(C(C)C)cc1. The molecule has 4 N–H and O–H groups in total. The number of amides is 1. The van der Waals surface area contributed by atoms with Gasteiger partial charge in [0.15, 0.2) is 0 Å². The van der Waals surface area contributed by atoms with Gasteiger partial charge in [-0.15, -0.1) is 0 Å². The van der Waals surface area contributed by atoms with Crippen molar-refractivity contribution >= 4 is 23.0 Å². The summed E-state index contributed by atoms with van der Waals surface area (Å²) in [7, 11) is 0. The number of rotatable bonds is 5. The van der Waals surface area contributed by atoms with E-state index >= 15 is 0 Å². The summed E-state index contributed by atoms with van der Waals surface area (Å²) >= 11 is 0. The van der Waals surface area contributed by atoms with Gasteiger partial charge in [-0.1, -0.05) is 26.0 Å². The lowest BCUT2D eigenvalue weighted by Gasteiger charge is -2.15. The molecule has 23 heavy (non-hydrogen) atoms. The largest absolute Gasteiger partial charge is 0.399 e. The van der Waals surface area contributed by atoms with E-state index in [0.717, 1.165) is 11.4 Å². The molecule has 0 fully saturated rings. The number of anilines is 3. The van der Waals surface area contributed by atoms with Crippen LogP contribution in [0.25, 0.3) is 0 Å². The monoisotopic (exact) mass is 311 g/mol. The molecule has 0 heterocycles. The number of carbonyl (C=O) groups is 1. The molecule has 0 aromatic heterocycles. The molecule has 2 aromatic rings. The molecule has 0 bridgehead atoms. The van der Waals surface area contributed by atoms with Crippen molar-refractivity contribution in [3.8, 4) is 0 Å². The van der Waals surface area contributed by atoms with E-state index in [2.05, 4.69) is 36.6 Å². The van der Waals surface area contributed by atoms with E-state index in [0.29, 0.717) is 17.2 Å². The molecule has 2 rings (SSSR count). The van der Waals surface area contributed by atoms with Gasteiger partial charge in [0.1, 0.15) is 0 Å². The van der Waals surface area contributed by atoms with Gasteiger partial charge < -0.3 is 16.4 Å². The first kappa shape index (κ1) is 16.9. The van der Waals surface area contributed by atoms with E-state index in [1.54, 1.807) is 12.1 Å². The van der Waals surface area contributed by atoms with Gasteiger partial charge in [-0.05, 0) is 55.7 Å². The van der Waals surface area contributed by atoms with Crippen molar-refractivity contribution in [2.45, 2.75) is 39.7 Å². The predicted molar refractivity (Wildman–Crippen MR) is 97.3 cm³/mol. The summed E-state index contributed by atoms with van der Waals surface area (Å²) in [5, 5.41) is 6.21. The second-order valence-electron chi connectivity index (χ2n) is 6.33. The molecule has 0 saturated heterocycles. The van der Waals surface area contributed by atoms with E-state index in [1.165, 1.54) is 5.56 Å². The molecular formula is C19H25N3O. The van der Waals surface area contributed by atoms with Crippen LogP contribution in [0.1, 0.15) is 49.5 Å². The second kappa shape index (κ2) is 7.18. The van der Waals surface area contributed by atoms with Crippen molar-refractivity contribution in [1.82, 2.24) is 5.32 Å². The second-order valence-corrected chi connectivity index (χ2v) is 6.33. The number of nitrogen functional groups attached to an aromatic ring is 1. The summed E-state index contributed by atoms with van der Waals surface area (Å²) in [6, 6.07) is 13.6. The zero-order chi connectivity index (χ0) is 17.0. The fourth-order valence-electron chi connectivity index (χ4n) is 2.31. The third-order valence-corrected chi connectivity index (χ3v) is 3.56. The molecule has 0 atom stereocenters. The van der Waals surface area contributed by atoms with Gasteiger partial charge in [0.25, 0.3) is 5.91 Å².